The smallest absolute Gasteiger partial charge is 0.413 e. The van der Waals surface area contributed by atoms with Crippen molar-refractivity contribution in [3.63, 3.8) is 0 Å². The van der Waals surface area contributed by atoms with Gasteiger partial charge in [-0.05, 0) is 20.8 Å². The molecule has 8 heteroatoms. The summed E-state index contributed by atoms with van der Waals surface area (Å²) in [7, 11) is 0. The normalized spacial score (nSPS) is 11.7. The Kier molecular flexibility index (Phi) is 6.04. The van der Waals surface area contributed by atoms with Crippen molar-refractivity contribution in [2.75, 3.05) is 11.9 Å². The minimum Gasteiger partial charge on any atom is -0.444 e. The molecule has 1 aromatic heterocycles. The molecule has 0 aromatic carbocycles. The van der Waals surface area contributed by atoms with Crippen LogP contribution in [-0.4, -0.2) is 35.3 Å². The second-order valence-corrected chi connectivity index (χ2v) is 5.70. The number of carbonyl (C=O) groups is 2. The van der Waals surface area contributed by atoms with E-state index in [9.17, 15) is 9.59 Å². The average molecular weight is 311 g/mol. The molecule has 0 atom stereocenters. The zero-order valence-electron chi connectivity index (χ0n) is 12.1. The summed E-state index contributed by atoms with van der Waals surface area (Å²) < 4.78 is 5.10. The molecule has 7 nitrogen and oxygen atoms in total. The van der Waals surface area contributed by atoms with Gasteiger partial charge in [-0.15, -0.1) is 11.3 Å². The summed E-state index contributed by atoms with van der Waals surface area (Å²) in [5.74, 6) is 0. The van der Waals surface area contributed by atoms with Crippen LogP contribution in [-0.2, 0) is 14.4 Å². The monoisotopic (exact) mass is 311 g/mol. The zero-order valence-corrected chi connectivity index (χ0v) is 12.9. The van der Waals surface area contributed by atoms with Crippen LogP contribution in [0.25, 0.3) is 0 Å². The van der Waals surface area contributed by atoms with Crippen LogP contribution in [0, 0.1) is 0 Å². The topological polar surface area (TPSA) is 89.9 Å². The summed E-state index contributed by atoms with van der Waals surface area (Å²) in [5.41, 5.74) is -0.256. The van der Waals surface area contributed by atoms with Crippen molar-refractivity contribution in [1.29, 1.82) is 0 Å². The number of thiazole rings is 1. The van der Waals surface area contributed by atoms with Crippen LogP contribution >= 0.6 is 11.3 Å². The first-order valence-electron chi connectivity index (χ1n) is 6.07. The molecule has 0 aliphatic heterocycles. The van der Waals surface area contributed by atoms with E-state index in [1.54, 1.807) is 26.2 Å². The molecule has 0 saturated heterocycles. The van der Waals surface area contributed by atoms with E-state index in [0.29, 0.717) is 17.1 Å². The molecular weight excluding hydrogens is 294 g/mol. The number of aromatic nitrogens is 1. The van der Waals surface area contributed by atoms with E-state index in [0.717, 1.165) is 11.3 Å². The molecule has 0 radical (unpaired) electrons. The van der Waals surface area contributed by atoms with Crippen molar-refractivity contribution in [2.24, 2.45) is 5.16 Å². The molecule has 0 aliphatic rings. The van der Waals surface area contributed by atoms with Crippen LogP contribution in [0.5, 0.6) is 0 Å². The first kappa shape index (κ1) is 16.8. The third-order valence-corrected chi connectivity index (χ3v) is 2.60. The van der Waals surface area contributed by atoms with Gasteiger partial charge in [0.05, 0.1) is 0 Å². The highest BCUT2D eigenvalue weighted by Gasteiger charge is 2.18. The van der Waals surface area contributed by atoms with Crippen LogP contribution in [0.3, 0.4) is 0 Å². The second-order valence-electron chi connectivity index (χ2n) is 4.84. The number of rotatable bonds is 6. The maximum atomic E-state index is 11.6. The Morgan fingerprint density at radius 2 is 2.29 bits per heavy atom. The molecule has 1 heterocycles. The Morgan fingerprint density at radius 1 is 1.57 bits per heavy atom. The van der Waals surface area contributed by atoms with Crippen molar-refractivity contribution in [1.82, 2.24) is 4.98 Å². The van der Waals surface area contributed by atoms with Crippen LogP contribution in [0.1, 0.15) is 26.5 Å². The standard InChI is InChI=1S/C13H17N3O4S/c1-5-6-19-16-9(7-17)10-8-21-11(14-10)15-12(18)20-13(2,3)4/h5,7-8H,1,6H2,2-4H3,(H,14,15,18). The minimum absolute atomic E-state index is 0.0327. The van der Waals surface area contributed by atoms with E-state index in [1.807, 2.05) is 0 Å². The summed E-state index contributed by atoms with van der Waals surface area (Å²) in [6.07, 6.45) is 1.41. The molecule has 21 heavy (non-hydrogen) atoms. The predicted octanol–water partition coefficient (Wildman–Crippen LogP) is 2.60. The van der Waals surface area contributed by atoms with Gasteiger partial charge in [0, 0.05) is 5.38 Å². The molecule has 0 saturated carbocycles. The van der Waals surface area contributed by atoms with E-state index in [4.69, 9.17) is 9.57 Å². The fraction of sp³-hybridized carbons (Fsp3) is 0.385. The second kappa shape index (κ2) is 7.53. The third-order valence-electron chi connectivity index (χ3n) is 1.84. The number of ether oxygens (including phenoxy) is 1. The molecule has 0 bridgehead atoms. The van der Waals surface area contributed by atoms with E-state index >= 15 is 0 Å². The van der Waals surface area contributed by atoms with Gasteiger partial charge in [-0.25, -0.2) is 9.78 Å². The van der Waals surface area contributed by atoms with Gasteiger partial charge in [-0.3, -0.25) is 10.1 Å². The molecule has 1 amide bonds. The molecular formula is C13H17N3O4S. The SMILES string of the molecule is C=CCON=C(C=O)c1csc(NC(=O)OC(C)(C)C)n1. The molecule has 1 N–H and O–H groups in total. The summed E-state index contributed by atoms with van der Waals surface area (Å²) in [5, 5.41) is 8.00. The summed E-state index contributed by atoms with van der Waals surface area (Å²) in [6, 6.07) is 0. The fourth-order valence-electron chi connectivity index (χ4n) is 1.13. The lowest BCUT2D eigenvalue weighted by atomic mass is 10.2. The van der Waals surface area contributed by atoms with E-state index in [1.165, 1.54) is 6.08 Å². The first-order chi connectivity index (χ1) is 9.85. The molecule has 114 valence electrons. The molecule has 1 rings (SSSR count). The Labute approximate surface area is 126 Å². The lowest BCUT2D eigenvalue weighted by Crippen LogP contribution is -2.27. The number of nitrogens with one attached hydrogen (secondary N) is 1. The van der Waals surface area contributed by atoms with Gasteiger partial charge < -0.3 is 9.57 Å². The zero-order chi connectivity index (χ0) is 15.9. The van der Waals surface area contributed by atoms with E-state index in [2.05, 4.69) is 22.0 Å². The average Bonchev–Trinajstić information content (AvgIpc) is 2.80. The lowest BCUT2D eigenvalue weighted by Gasteiger charge is -2.18. The van der Waals surface area contributed by atoms with Gasteiger partial charge in [0.25, 0.3) is 0 Å². The van der Waals surface area contributed by atoms with Gasteiger partial charge in [-0.2, -0.15) is 0 Å². The highest BCUT2D eigenvalue weighted by Crippen LogP contribution is 2.17. The Balaban J connectivity index is 2.71. The minimum atomic E-state index is -0.615. The van der Waals surface area contributed by atoms with Crippen LogP contribution < -0.4 is 5.32 Å². The third kappa shape index (κ3) is 6.17. The maximum Gasteiger partial charge on any atom is 0.413 e. The maximum absolute atomic E-state index is 11.6. The Bertz CT molecular complexity index is 546. The van der Waals surface area contributed by atoms with E-state index in [-0.39, 0.29) is 12.3 Å². The van der Waals surface area contributed by atoms with Gasteiger partial charge in [0.1, 0.15) is 17.9 Å². The van der Waals surface area contributed by atoms with Crippen molar-refractivity contribution in [3.8, 4) is 0 Å². The lowest BCUT2D eigenvalue weighted by molar-refractivity contribution is -0.102. The molecule has 0 aliphatic carbocycles. The number of aldehydes is 1. The van der Waals surface area contributed by atoms with Crippen molar-refractivity contribution in [3.05, 3.63) is 23.7 Å². The van der Waals surface area contributed by atoms with Gasteiger partial charge in [0.15, 0.2) is 17.1 Å². The number of hydrogen-bond acceptors (Lipinski definition) is 7. The summed E-state index contributed by atoms with van der Waals surface area (Å²) in [6.45, 7) is 8.92. The number of nitrogens with zero attached hydrogens (tertiary/aromatic N) is 2. The summed E-state index contributed by atoms with van der Waals surface area (Å²) >= 11 is 1.15. The predicted molar refractivity (Wildman–Crippen MR) is 80.7 cm³/mol. The van der Waals surface area contributed by atoms with Crippen LogP contribution in [0.2, 0.25) is 0 Å². The molecule has 0 unspecified atom stereocenters. The largest absolute Gasteiger partial charge is 0.444 e. The van der Waals surface area contributed by atoms with Crippen LogP contribution in [0.15, 0.2) is 23.2 Å². The van der Waals surface area contributed by atoms with Crippen molar-refractivity contribution in [2.45, 2.75) is 26.4 Å². The molecule has 0 fully saturated rings. The number of hydrogen-bond donors (Lipinski definition) is 1. The van der Waals surface area contributed by atoms with Crippen molar-refractivity contribution < 1.29 is 19.2 Å². The van der Waals surface area contributed by atoms with E-state index < -0.39 is 11.7 Å². The number of carbonyl (C=O) groups excluding carboxylic acids is 2. The summed E-state index contributed by atoms with van der Waals surface area (Å²) in [4.78, 5) is 31.4. The van der Waals surface area contributed by atoms with Gasteiger partial charge >= 0.3 is 6.09 Å². The van der Waals surface area contributed by atoms with Gasteiger partial charge in [-0.1, -0.05) is 17.8 Å². The highest BCUT2D eigenvalue weighted by atomic mass is 32.1. The molecule has 0 spiro atoms. The highest BCUT2D eigenvalue weighted by molar-refractivity contribution is 7.14. The Hall–Kier alpha value is -2.22. The van der Waals surface area contributed by atoms with Crippen molar-refractivity contribution >= 4 is 34.6 Å². The number of amides is 1. The van der Waals surface area contributed by atoms with Gasteiger partial charge in [0.2, 0.25) is 0 Å². The fourth-order valence-corrected chi connectivity index (χ4v) is 1.82. The molecule has 1 aromatic rings. The Morgan fingerprint density at radius 3 is 2.86 bits per heavy atom. The quantitative estimate of drug-likeness (QED) is 0.287. The van der Waals surface area contributed by atoms with Crippen LogP contribution in [0.4, 0.5) is 9.93 Å². The number of anilines is 1. The first-order valence-corrected chi connectivity index (χ1v) is 6.95. The number of oxime groups is 1.